The summed E-state index contributed by atoms with van der Waals surface area (Å²) >= 11 is 5.28. The van der Waals surface area contributed by atoms with Crippen molar-refractivity contribution >= 4 is 34.9 Å². The van der Waals surface area contributed by atoms with Crippen molar-refractivity contribution in [3.05, 3.63) is 32.8 Å². The zero-order valence-corrected chi connectivity index (χ0v) is 9.86. The number of nitro benzene ring substituents is 1. The first-order valence-electron chi connectivity index (χ1n) is 4.49. The molecule has 0 radical (unpaired) electrons. The molecule has 6 N–H and O–H groups in total. The largest absolute Gasteiger partial charge is 0.370 e. The van der Waals surface area contributed by atoms with E-state index in [1.54, 1.807) is 0 Å². The number of halogens is 3. The molecular weight excluding hydrogens is 286 g/mol. The molecule has 0 saturated heterocycles. The molecule has 0 fully saturated rings. The second kappa shape index (κ2) is 5.44. The predicted molar refractivity (Wildman–Crippen MR) is 65.1 cm³/mol. The smallest absolute Gasteiger partial charge is 0.301 e. The van der Waals surface area contributed by atoms with Crippen LogP contribution in [-0.2, 0) is 0 Å². The summed E-state index contributed by atoms with van der Waals surface area (Å²) in [6.45, 7) is 0. The maximum atomic E-state index is 13.6. The van der Waals surface area contributed by atoms with Crippen LogP contribution >= 0.6 is 11.6 Å². The Kier molecular flexibility index (Phi) is 4.17. The number of nitrogens with zero attached hydrogens (tertiary/aromatic N) is 3. The maximum absolute atomic E-state index is 13.6. The standard InChI is InChI=1S/C8H7ClF2N6O2/c9-4-2(10)1-3(17(18)19)6(5(4)11)15-8(14)16-7(12)13/h1H,(H6,12,13,14,15,16). The molecule has 102 valence electrons. The van der Waals surface area contributed by atoms with Gasteiger partial charge in [0.25, 0.3) is 0 Å². The zero-order chi connectivity index (χ0) is 14.7. The Morgan fingerprint density at radius 1 is 1.37 bits per heavy atom. The van der Waals surface area contributed by atoms with Crippen molar-refractivity contribution < 1.29 is 13.7 Å². The second-order valence-corrected chi connectivity index (χ2v) is 3.50. The number of guanidine groups is 2. The summed E-state index contributed by atoms with van der Waals surface area (Å²) in [6, 6.07) is 0.410. The van der Waals surface area contributed by atoms with Crippen LogP contribution in [0.1, 0.15) is 0 Å². The van der Waals surface area contributed by atoms with E-state index in [0.29, 0.717) is 6.07 Å². The molecule has 8 nitrogen and oxygen atoms in total. The topological polar surface area (TPSA) is 146 Å². The number of aliphatic imine (C=N–C) groups is 2. The molecule has 0 aliphatic carbocycles. The van der Waals surface area contributed by atoms with E-state index < -0.39 is 44.9 Å². The minimum Gasteiger partial charge on any atom is -0.370 e. The van der Waals surface area contributed by atoms with Gasteiger partial charge in [0.1, 0.15) is 5.02 Å². The molecule has 0 aliphatic heterocycles. The van der Waals surface area contributed by atoms with Crippen molar-refractivity contribution in [3.8, 4) is 0 Å². The summed E-state index contributed by atoms with van der Waals surface area (Å²) in [5.74, 6) is -3.88. The second-order valence-electron chi connectivity index (χ2n) is 3.12. The lowest BCUT2D eigenvalue weighted by molar-refractivity contribution is -0.384. The highest BCUT2D eigenvalue weighted by Crippen LogP contribution is 2.36. The highest BCUT2D eigenvalue weighted by atomic mass is 35.5. The summed E-state index contributed by atoms with van der Waals surface area (Å²) in [5.41, 5.74) is 13.3. The minimum absolute atomic E-state index is 0.410. The van der Waals surface area contributed by atoms with E-state index in [0.717, 1.165) is 0 Å². The average Bonchev–Trinajstić information content (AvgIpc) is 2.28. The summed E-state index contributed by atoms with van der Waals surface area (Å²) in [6.07, 6.45) is 0. The van der Waals surface area contributed by atoms with Gasteiger partial charge in [-0.3, -0.25) is 10.1 Å². The van der Waals surface area contributed by atoms with Gasteiger partial charge in [-0.1, -0.05) is 11.6 Å². The first-order chi connectivity index (χ1) is 8.73. The van der Waals surface area contributed by atoms with Crippen LogP contribution in [0.4, 0.5) is 20.2 Å². The van der Waals surface area contributed by atoms with Crippen molar-refractivity contribution in [2.24, 2.45) is 27.2 Å². The molecule has 0 aromatic heterocycles. The van der Waals surface area contributed by atoms with Crippen molar-refractivity contribution in [3.63, 3.8) is 0 Å². The van der Waals surface area contributed by atoms with E-state index in [1.807, 2.05) is 0 Å². The Labute approximate surface area is 109 Å². The predicted octanol–water partition coefficient (Wildman–Crippen LogP) is 0.746. The summed E-state index contributed by atoms with van der Waals surface area (Å²) in [4.78, 5) is 16.2. The van der Waals surface area contributed by atoms with Crippen molar-refractivity contribution in [2.75, 3.05) is 0 Å². The minimum atomic E-state index is -1.44. The lowest BCUT2D eigenvalue weighted by Gasteiger charge is -2.03. The van der Waals surface area contributed by atoms with E-state index in [4.69, 9.17) is 28.8 Å². The van der Waals surface area contributed by atoms with Gasteiger partial charge in [-0.2, -0.15) is 4.99 Å². The highest BCUT2D eigenvalue weighted by Gasteiger charge is 2.24. The quantitative estimate of drug-likeness (QED) is 0.242. The molecule has 19 heavy (non-hydrogen) atoms. The molecule has 1 aromatic rings. The van der Waals surface area contributed by atoms with Gasteiger partial charge < -0.3 is 17.2 Å². The van der Waals surface area contributed by atoms with Crippen LogP contribution < -0.4 is 17.2 Å². The number of nitro groups is 1. The molecule has 0 heterocycles. The highest BCUT2D eigenvalue weighted by molar-refractivity contribution is 6.31. The molecule has 0 bridgehead atoms. The Hall–Kier alpha value is -2.49. The van der Waals surface area contributed by atoms with Crippen molar-refractivity contribution in [1.29, 1.82) is 0 Å². The van der Waals surface area contributed by atoms with Crippen LogP contribution in [0.15, 0.2) is 16.1 Å². The van der Waals surface area contributed by atoms with Gasteiger partial charge in [0.15, 0.2) is 23.3 Å². The maximum Gasteiger partial charge on any atom is 0.301 e. The third-order valence-electron chi connectivity index (χ3n) is 1.78. The Bertz CT molecular complexity index is 599. The summed E-state index contributed by atoms with van der Waals surface area (Å²) in [5, 5.41) is 9.72. The van der Waals surface area contributed by atoms with Crippen LogP contribution in [0.5, 0.6) is 0 Å². The molecule has 1 rings (SSSR count). The molecule has 0 unspecified atom stereocenters. The first kappa shape index (κ1) is 14.6. The van der Waals surface area contributed by atoms with Crippen LogP contribution in [0.2, 0.25) is 5.02 Å². The Morgan fingerprint density at radius 2 is 1.95 bits per heavy atom. The van der Waals surface area contributed by atoms with Crippen LogP contribution in [-0.4, -0.2) is 16.8 Å². The average molecular weight is 293 g/mol. The van der Waals surface area contributed by atoms with Crippen molar-refractivity contribution in [1.82, 2.24) is 0 Å². The lowest BCUT2D eigenvalue weighted by Crippen LogP contribution is -2.26. The molecular formula is C8H7ClF2N6O2. The number of rotatable bonds is 2. The fourth-order valence-electron chi connectivity index (χ4n) is 1.09. The SMILES string of the molecule is NC(N)=NC(N)=Nc1c([N+](=O)[O-])cc(F)c(Cl)c1F. The van der Waals surface area contributed by atoms with E-state index in [9.17, 15) is 18.9 Å². The zero-order valence-electron chi connectivity index (χ0n) is 9.10. The van der Waals surface area contributed by atoms with E-state index in [2.05, 4.69) is 9.98 Å². The van der Waals surface area contributed by atoms with Crippen LogP contribution in [0, 0.1) is 21.7 Å². The molecule has 11 heteroatoms. The summed E-state index contributed by atoms with van der Waals surface area (Å²) < 4.78 is 26.7. The molecule has 0 amide bonds. The van der Waals surface area contributed by atoms with Crippen LogP contribution in [0.25, 0.3) is 0 Å². The number of nitrogens with two attached hydrogens (primary N) is 3. The lowest BCUT2D eigenvalue weighted by atomic mass is 10.2. The molecule has 0 aliphatic rings. The van der Waals surface area contributed by atoms with Gasteiger partial charge >= 0.3 is 5.69 Å². The van der Waals surface area contributed by atoms with Gasteiger partial charge in [-0.25, -0.2) is 13.8 Å². The molecule has 0 atom stereocenters. The third kappa shape index (κ3) is 3.25. The van der Waals surface area contributed by atoms with Crippen LogP contribution in [0.3, 0.4) is 0 Å². The Morgan fingerprint density at radius 3 is 2.42 bits per heavy atom. The number of hydrogen-bond donors (Lipinski definition) is 3. The number of benzene rings is 1. The van der Waals surface area contributed by atoms with Gasteiger partial charge in [0.2, 0.25) is 5.96 Å². The monoisotopic (exact) mass is 292 g/mol. The van der Waals surface area contributed by atoms with Gasteiger partial charge in [0.05, 0.1) is 11.0 Å². The normalized spacial score (nSPS) is 11.2. The first-order valence-corrected chi connectivity index (χ1v) is 4.87. The third-order valence-corrected chi connectivity index (χ3v) is 2.13. The van der Waals surface area contributed by atoms with E-state index in [-0.39, 0.29) is 0 Å². The van der Waals surface area contributed by atoms with Gasteiger partial charge in [-0.15, -0.1) is 0 Å². The van der Waals surface area contributed by atoms with Crippen molar-refractivity contribution in [2.45, 2.75) is 0 Å². The van der Waals surface area contributed by atoms with E-state index in [1.165, 1.54) is 0 Å². The Balaban J connectivity index is 3.54. The molecule has 1 aromatic carbocycles. The van der Waals surface area contributed by atoms with E-state index >= 15 is 0 Å². The van der Waals surface area contributed by atoms with Gasteiger partial charge in [-0.05, 0) is 0 Å². The fourth-order valence-corrected chi connectivity index (χ4v) is 1.23. The van der Waals surface area contributed by atoms with Gasteiger partial charge in [0, 0.05) is 0 Å². The molecule has 0 spiro atoms. The number of hydrogen-bond acceptors (Lipinski definition) is 3. The molecule has 0 saturated carbocycles. The summed E-state index contributed by atoms with van der Waals surface area (Å²) in [7, 11) is 0. The fraction of sp³-hybridized carbons (Fsp3) is 0.